The molecule has 0 aliphatic rings. The minimum absolute atomic E-state index is 0.0961. The third-order valence-corrected chi connectivity index (χ3v) is 2.20. The number of amides is 2. The normalized spacial score (nSPS) is 11.9. The summed E-state index contributed by atoms with van der Waals surface area (Å²) in [5, 5.41) is 8.51. The minimum atomic E-state index is -0.581. The lowest BCUT2D eigenvalue weighted by Gasteiger charge is -2.19. The topological polar surface area (TPSA) is 91.0 Å². The number of carbonyl (C=O) groups is 2. The lowest BCUT2D eigenvalue weighted by atomic mass is 10.3. The number of hydrogen-bond acceptors (Lipinski definition) is 4. The fourth-order valence-electron chi connectivity index (χ4n) is 1.13. The zero-order valence-electron chi connectivity index (χ0n) is 9.52. The molecule has 7 nitrogen and oxygen atoms in total. The molecule has 1 unspecified atom stereocenters. The van der Waals surface area contributed by atoms with Crippen molar-refractivity contribution in [3.63, 3.8) is 0 Å². The van der Waals surface area contributed by atoms with E-state index in [4.69, 9.17) is 0 Å². The molecule has 2 N–H and O–H groups in total. The van der Waals surface area contributed by atoms with Gasteiger partial charge in [0.2, 0.25) is 11.7 Å². The number of rotatable bonds is 4. The smallest absolute Gasteiger partial charge is 0.289 e. The lowest BCUT2D eigenvalue weighted by molar-refractivity contribution is -0.131. The second-order valence-electron chi connectivity index (χ2n) is 3.38. The molecule has 0 bridgehead atoms. The molecule has 16 heavy (non-hydrogen) atoms. The molecule has 0 aliphatic heterocycles. The predicted octanol–water partition coefficient (Wildman–Crippen LogP) is -0.599. The number of nitrogens with zero attached hydrogens (tertiary/aromatic N) is 3. The van der Waals surface area contributed by atoms with Crippen molar-refractivity contribution in [3.8, 4) is 0 Å². The standard InChI is InChI=1S/C9H15N5O2/c1-4-14(3)9(16)6(2)12-8(15)7-10-5-11-13-7/h5-6H,4H2,1-3H3,(H,12,15)(H,10,11,13). The van der Waals surface area contributed by atoms with Gasteiger partial charge in [0, 0.05) is 13.6 Å². The Balaban J connectivity index is 2.55. The van der Waals surface area contributed by atoms with Gasteiger partial charge in [0.05, 0.1) is 0 Å². The van der Waals surface area contributed by atoms with Crippen molar-refractivity contribution in [2.45, 2.75) is 19.9 Å². The van der Waals surface area contributed by atoms with E-state index in [2.05, 4.69) is 20.5 Å². The Hall–Kier alpha value is -1.92. The third kappa shape index (κ3) is 2.78. The average molecular weight is 225 g/mol. The van der Waals surface area contributed by atoms with Gasteiger partial charge in [-0.3, -0.25) is 14.7 Å². The number of hydrogen-bond donors (Lipinski definition) is 2. The maximum Gasteiger partial charge on any atom is 0.289 e. The van der Waals surface area contributed by atoms with Gasteiger partial charge in [0.15, 0.2) is 0 Å². The Kier molecular flexibility index (Phi) is 3.98. The van der Waals surface area contributed by atoms with Crippen LogP contribution in [0, 0.1) is 0 Å². The quantitative estimate of drug-likeness (QED) is 0.716. The summed E-state index contributed by atoms with van der Waals surface area (Å²) >= 11 is 0. The molecule has 0 fully saturated rings. The first-order valence-electron chi connectivity index (χ1n) is 4.97. The molecule has 0 radical (unpaired) electrons. The second-order valence-corrected chi connectivity index (χ2v) is 3.38. The summed E-state index contributed by atoms with van der Waals surface area (Å²) in [6.07, 6.45) is 1.24. The summed E-state index contributed by atoms with van der Waals surface area (Å²) in [6.45, 7) is 4.09. The second kappa shape index (κ2) is 5.24. The molecule has 1 aromatic heterocycles. The van der Waals surface area contributed by atoms with Crippen LogP contribution in [0.25, 0.3) is 0 Å². The molecule has 88 valence electrons. The number of likely N-dealkylation sites (N-methyl/N-ethyl adjacent to an activating group) is 1. The molecular formula is C9H15N5O2. The van der Waals surface area contributed by atoms with Crippen LogP contribution in [-0.4, -0.2) is 51.5 Å². The van der Waals surface area contributed by atoms with Crippen LogP contribution < -0.4 is 5.32 Å². The van der Waals surface area contributed by atoms with E-state index in [0.29, 0.717) is 6.54 Å². The van der Waals surface area contributed by atoms with E-state index >= 15 is 0 Å². The molecule has 0 saturated heterocycles. The molecule has 0 spiro atoms. The summed E-state index contributed by atoms with van der Waals surface area (Å²) in [5.74, 6) is -0.489. The first-order chi connectivity index (χ1) is 7.56. The summed E-state index contributed by atoms with van der Waals surface area (Å²) in [5.41, 5.74) is 0. The van der Waals surface area contributed by atoms with Gasteiger partial charge in [0.1, 0.15) is 12.4 Å². The van der Waals surface area contributed by atoms with Gasteiger partial charge in [-0.1, -0.05) is 0 Å². The van der Waals surface area contributed by atoms with Crippen LogP contribution >= 0.6 is 0 Å². The van der Waals surface area contributed by atoms with E-state index < -0.39 is 11.9 Å². The van der Waals surface area contributed by atoms with Crippen molar-refractivity contribution < 1.29 is 9.59 Å². The molecular weight excluding hydrogens is 210 g/mol. The third-order valence-electron chi connectivity index (χ3n) is 2.20. The SMILES string of the molecule is CCN(C)C(=O)C(C)NC(=O)c1ncn[nH]1. The van der Waals surface area contributed by atoms with Gasteiger partial charge in [-0.25, -0.2) is 4.98 Å². The minimum Gasteiger partial charge on any atom is -0.344 e. The highest BCUT2D eigenvalue weighted by atomic mass is 16.2. The highest BCUT2D eigenvalue weighted by Gasteiger charge is 2.20. The Morgan fingerprint density at radius 3 is 2.81 bits per heavy atom. The van der Waals surface area contributed by atoms with Crippen molar-refractivity contribution >= 4 is 11.8 Å². The van der Waals surface area contributed by atoms with Crippen LogP contribution in [0.3, 0.4) is 0 Å². The highest BCUT2D eigenvalue weighted by Crippen LogP contribution is 1.94. The number of nitrogens with one attached hydrogen (secondary N) is 2. The van der Waals surface area contributed by atoms with Crippen molar-refractivity contribution in [3.05, 3.63) is 12.2 Å². The number of aromatic amines is 1. The van der Waals surface area contributed by atoms with Crippen molar-refractivity contribution in [1.82, 2.24) is 25.4 Å². The number of aromatic nitrogens is 3. The van der Waals surface area contributed by atoms with Crippen LogP contribution in [0.1, 0.15) is 24.5 Å². The predicted molar refractivity (Wildman–Crippen MR) is 56.6 cm³/mol. The summed E-state index contributed by atoms with van der Waals surface area (Å²) in [4.78, 5) is 28.4. The molecule has 1 aromatic rings. The Labute approximate surface area is 93.2 Å². The van der Waals surface area contributed by atoms with Gasteiger partial charge in [-0.15, -0.1) is 0 Å². The first-order valence-corrected chi connectivity index (χ1v) is 4.97. The summed E-state index contributed by atoms with van der Waals surface area (Å²) in [7, 11) is 1.68. The van der Waals surface area contributed by atoms with E-state index in [1.54, 1.807) is 14.0 Å². The molecule has 1 rings (SSSR count). The van der Waals surface area contributed by atoms with E-state index in [-0.39, 0.29) is 11.7 Å². The van der Waals surface area contributed by atoms with Crippen LogP contribution in [-0.2, 0) is 4.79 Å². The van der Waals surface area contributed by atoms with Crippen LogP contribution in [0.4, 0.5) is 0 Å². The fraction of sp³-hybridized carbons (Fsp3) is 0.556. The van der Waals surface area contributed by atoms with E-state index in [9.17, 15) is 9.59 Å². The molecule has 1 atom stereocenters. The van der Waals surface area contributed by atoms with Gasteiger partial charge in [-0.05, 0) is 13.8 Å². The van der Waals surface area contributed by atoms with Crippen LogP contribution in [0.2, 0.25) is 0 Å². The van der Waals surface area contributed by atoms with Crippen molar-refractivity contribution in [1.29, 1.82) is 0 Å². The van der Waals surface area contributed by atoms with Crippen LogP contribution in [0.15, 0.2) is 6.33 Å². The maximum absolute atomic E-state index is 11.6. The molecule has 7 heteroatoms. The average Bonchev–Trinajstić information content (AvgIpc) is 2.80. The van der Waals surface area contributed by atoms with Gasteiger partial charge >= 0.3 is 0 Å². The Morgan fingerprint density at radius 2 is 2.31 bits per heavy atom. The van der Waals surface area contributed by atoms with Gasteiger partial charge in [-0.2, -0.15) is 5.10 Å². The molecule has 0 aliphatic carbocycles. The molecule has 0 aromatic carbocycles. The van der Waals surface area contributed by atoms with Crippen molar-refractivity contribution in [2.75, 3.05) is 13.6 Å². The number of H-pyrrole nitrogens is 1. The van der Waals surface area contributed by atoms with Crippen molar-refractivity contribution in [2.24, 2.45) is 0 Å². The molecule has 2 amide bonds. The van der Waals surface area contributed by atoms with Gasteiger partial charge < -0.3 is 10.2 Å². The van der Waals surface area contributed by atoms with E-state index in [1.807, 2.05) is 6.92 Å². The Morgan fingerprint density at radius 1 is 1.62 bits per heavy atom. The number of carbonyl (C=O) groups excluding carboxylic acids is 2. The highest BCUT2D eigenvalue weighted by molar-refractivity contribution is 5.94. The van der Waals surface area contributed by atoms with E-state index in [0.717, 1.165) is 0 Å². The largest absolute Gasteiger partial charge is 0.344 e. The fourth-order valence-corrected chi connectivity index (χ4v) is 1.13. The Bertz CT molecular complexity index is 362. The monoisotopic (exact) mass is 225 g/mol. The molecule has 1 heterocycles. The van der Waals surface area contributed by atoms with Gasteiger partial charge in [0.25, 0.3) is 5.91 Å². The zero-order valence-corrected chi connectivity index (χ0v) is 9.52. The van der Waals surface area contributed by atoms with E-state index in [1.165, 1.54) is 11.2 Å². The lowest BCUT2D eigenvalue weighted by Crippen LogP contribution is -2.45. The summed E-state index contributed by atoms with van der Waals surface area (Å²) < 4.78 is 0. The zero-order chi connectivity index (χ0) is 12.1. The van der Waals surface area contributed by atoms with Crippen LogP contribution in [0.5, 0.6) is 0 Å². The maximum atomic E-state index is 11.6. The first kappa shape index (κ1) is 12.2. The molecule has 0 saturated carbocycles. The summed E-state index contributed by atoms with van der Waals surface area (Å²) in [6, 6.07) is -0.581.